The predicted octanol–water partition coefficient (Wildman–Crippen LogP) is 1.37. The van der Waals surface area contributed by atoms with E-state index in [-0.39, 0.29) is 5.91 Å². The van der Waals surface area contributed by atoms with E-state index in [1.807, 2.05) is 19.9 Å². The summed E-state index contributed by atoms with van der Waals surface area (Å²) in [7, 11) is 0. The standard InChI is InChI=1S/C11H18N2O2/c1-3-10(12)11(14)13(4-2)7-9-5-6-15-8-9/h5-6,8,10H,3-4,7,12H2,1-2H3. The number of nitrogens with zero attached hydrogens (tertiary/aromatic N) is 1. The lowest BCUT2D eigenvalue weighted by Crippen LogP contribution is -2.42. The van der Waals surface area contributed by atoms with E-state index in [1.165, 1.54) is 0 Å². The van der Waals surface area contributed by atoms with E-state index in [0.29, 0.717) is 19.5 Å². The molecule has 0 aromatic carbocycles. The third-order valence-corrected chi connectivity index (χ3v) is 2.40. The minimum atomic E-state index is -0.392. The molecule has 0 saturated carbocycles. The zero-order valence-electron chi connectivity index (χ0n) is 9.27. The van der Waals surface area contributed by atoms with Gasteiger partial charge in [-0.2, -0.15) is 0 Å². The summed E-state index contributed by atoms with van der Waals surface area (Å²) in [6, 6.07) is 1.46. The number of furan rings is 1. The van der Waals surface area contributed by atoms with Gasteiger partial charge in [0.15, 0.2) is 0 Å². The van der Waals surface area contributed by atoms with Crippen molar-refractivity contribution in [3.8, 4) is 0 Å². The molecule has 1 heterocycles. The van der Waals surface area contributed by atoms with Gasteiger partial charge in [0.05, 0.1) is 18.6 Å². The van der Waals surface area contributed by atoms with Crippen LogP contribution in [0.3, 0.4) is 0 Å². The third kappa shape index (κ3) is 3.09. The normalized spacial score (nSPS) is 12.5. The second kappa shape index (κ2) is 5.56. The van der Waals surface area contributed by atoms with Gasteiger partial charge in [0, 0.05) is 18.7 Å². The summed E-state index contributed by atoms with van der Waals surface area (Å²) in [6.07, 6.45) is 3.92. The summed E-state index contributed by atoms with van der Waals surface area (Å²) in [5.74, 6) is 0.00111. The van der Waals surface area contributed by atoms with Crippen molar-refractivity contribution >= 4 is 5.91 Å². The fourth-order valence-electron chi connectivity index (χ4n) is 1.36. The molecule has 1 rings (SSSR count). The van der Waals surface area contributed by atoms with Gasteiger partial charge in [-0.15, -0.1) is 0 Å². The molecule has 0 aliphatic rings. The first kappa shape index (κ1) is 11.8. The van der Waals surface area contributed by atoms with E-state index < -0.39 is 6.04 Å². The van der Waals surface area contributed by atoms with Crippen LogP contribution in [0.15, 0.2) is 23.0 Å². The Bertz CT molecular complexity index is 296. The predicted molar refractivity (Wildman–Crippen MR) is 58.1 cm³/mol. The van der Waals surface area contributed by atoms with Crippen molar-refractivity contribution in [1.29, 1.82) is 0 Å². The van der Waals surface area contributed by atoms with Crippen molar-refractivity contribution in [3.05, 3.63) is 24.2 Å². The number of amides is 1. The molecule has 0 fully saturated rings. The lowest BCUT2D eigenvalue weighted by molar-refractivity contribution is -0.133. The molecule has 1 aromatic heterocycles. The fourth-order valence-corrected chi connectivity index (χ4v) is 1.36. The Balaban J connectivity index is 2.60. The number of carbonyl (C=O) groups excluding carboxylic acids is 1. The van der Waals surface area contributed by atoms with Crippen LogP contribution in [0.2, 0.25) is 0 Å². The number of carbonyl (C=O) groups is 1. The van der Waals surface area contributed by atoms with Crippen LogP contribution in [0, 0.1) is 0 Å². The fraction of sp³-hybridized carbons (Fsp3) is 0.545. The highest BCUT2D eigenvalue weighted by molar-refractivity contribution is 5.81. The molecule has 1 aromatic rings. The van der Waals surface area contributed by atoms with Crippen LogP contribution in [0.25, 0.3) is 0 Å². The summed E-state index contributed by atoms with van der Waals surface area (Å²) in [6.45, 7) is 5.09. The number of rotatable bonds is 5. The van der Waals surface area contributed by atoms with Crippen molar-refractivity contribution in [3.63, 3.8) is 0 Å². The topological polar surface area (TPSA) is 59.5 Å². The minimum Gasteiger partial charge on any atom is -0.472 e. The van der Waals surface area contributed by atoms with Gasteiger partial charge >= 0.3 is 0 Å². The second-order valence-electron chi connectivity index (χ2n) is 3.50. The molecule has 4 heteroatoms. The van der Waals surface area contributed by atoms with Gasteiger partial charge in [-0.3, -0.25) is 4.79 Å². The SMILES string of the molecule is CCC(N)C(=O)N(CC)Cc1ccoc1. The first-order chi connectivity index (χ1) is 7.19. The number of nitrogens with two attached hydrogens (primary N) is 1. The van der Waals surface area contributed by atoms with Gasteiger partial charge in [-0.05, 0) is 19.4 Å². The molecule has 1 unspecified atom stereocenters. The Hall–Kier alpha value is -1.29. The molecule has 84 valence electrons. The zero-order chi connectivity index (χ0) is 11.3. The summed E-state index contributed by atoms with van der Waals surface area (Å²) in [4.78, 5) is 13.5. The smallest absolute Gasteiger partial charge is 0.239 e. The van der Waals surface area contributed by atoms with Crippen molar-refractivity contribution < 1.29 is 9.21 Å². The van der Waals surface area contributed by atoms with Gasteiger partial charge in [0.1, 0.15) is 0 Å². The third-order valence-electron chi connectivity index (χ3n) is 2.40. The Labute approximate surface area is 90.0 Å². The van der Waals surface area contributed by atoms with Crippen LogP contribution in [0.4, 0.5) is 0 Å². The van der Waals surface area contributed by atoms with E-state index in [9.17, 15) is 4.79 Å². The molecule has 0 aliphatic heterocycles. The maximum atomic E-state index is 11.8. The van der Waals surface area contributed by atoms with Crippen LogP contribution in [-0.4, -0.2) is 23.4 Å². The highest BCUT2D eigenvalue weighted by Crippen LogP contribution is 2.07. The largest absolute Gasteiger partial charge is 0.472 e. The first-order valence-corrected chi connectivity index (χ1v) is 5.24. The molecular weight excluding hydrogens is 192 g/mol. The number of likely N-dealkylation sites (N-methyl/N-ethyl adjacent to an activating group) is 1. The molecule has 4 nitrogen and oxygen atoms in total. The molecule has 15 heavy (non-hydrogen) atoms. The molecule has 0 radical (unpaired) electrons. The highest BCUT2D eigenvalue weighted by Gasteiger charge is 2.18. The van der Waals surface area contributed by atoms with E-state index in [2.05, 4.69) is 0 Å². The minimum absolute atomic E-state index is 0.00111. The van der Waals surface area contributed by atoms with Crippen molar-refractivity contribution in [2.24, 2.45) is 5.73 Å². The van der Waals surface area contributed by atoms with Gasteiger partial charge in [-0.1, -0.05) is 6.92 Å². The first-order valence-electron chi connectivity index (χ1n) is 5.24. The average Bonchev–Trinajstić information content (AvgIpc) is 2.76. The average molecular weight is 210 g/mol. The second-order valence-corrected chi connectivity index (χ2v) is 3.50. The molecule has 1 amide bonds. The van der Waals surface area contributed by atoms with Crippen LogP contribution in [0.5, 0.6) is 0 Å². The maximum absolute atomic E-state index is 11.8. The number of hydrogen-bond donors (Lipinski definition) is 1. The zero-order valence-corrected chi connectivity index (χ0v) is 9.27. The summed E-state index contributed by atoms with van der Waals surface area (Å²) < 4.78 is 4.96. The van der Waals surface area contributed by atoms with Crippen molar-refractivity contribution in [1.82, 2.24) is 4.90 Å². The Morgan fingerprint density at radius 3 is 2.80 bits per heavy atom. The molecule has 0 aliphatic carbocycles. The Morgan fingerprint density at radius 2 is 2.33 bits per heavy atom. The molecular formula is C11H18N2O2. The van der Waals surface area contributed by atoms with Crippen molar-refractivity contribution in [2.45, 2.75) is 32.9 Å². The maximum Gasteiger partial charge on any atom is 0.239 e. The van der Waals surface area contributed by atoms with E-state index in [0.717, 1.165) is 5.56 Å². The lowest BCUT2D eigenvalue weighted by atomic mass is 10.2. The van der Waals surface area contributed by atoms with Gasteiger partial charge in [-0.25, -0.2) is 0 Å². The van der Waals surface area contributed by atoms with Crippen molar-refractivity contribution in [2.75, 3.05) is 6.54 Å². The Kier molecular flexibility index (Phi) is 4.37. The van der Waals surface area contributed by atoms with Gasteiger partial charge in [0.25, 0.3) is 0 Å². The highest BCUT2D eigenvalue weighted by atomic mass is 16.3. The van der Waals surface area contributed by atoms with Crippen LogP contribution in [-0.2, 0) is 11.3 Å². The van der Waals surface area contributed by atoms with Gasteiger partial charge in [0.2, 0.25) is 5.91 Å². The molecule has 0 saturated heterocycles. The monoisotopic (exact) mass is 210 g/mol. The van der Waals surface area contributed by atoms with Crippen LogP contribution < -0.4 is 5.73 Å². The lowest BCUT2D eigenvalue weighted by Gasteiger charge is -2.23. The Morgan fingerprint density at radius 1 is 1.60 bits per heavy atom. The number of hydrogen-bond acceptors (Lipinski definition) is 3. The van der Waals surface area contributed by atoms with Gasteiger partial charge < -0.3 is 15.1 Å². The van der Waals surface area contributed by atoms with E-state index in [1.54, 1.807) is 17.4 Å². The summed E-state index contributed by atoms with van der Waals surface area (Å²) in [5, 5.41) is 0. The summed E-state index contributed by atoms with van der Waals surface area (Å²) in [5.41, 5.74) is 6.70. The van der Waals surface area contributed by atoms with Crippen LogP contribution >= 0.6 is 0 Å². The van der Waals surface area contributed by atoms with E-state index >= 15 is 0 Å². The molecule has 2 N–H and O–H groups in total. The molecule has 0 bridgehead atoms. The van der Waals surface area contributed by atoms with E-state index in [4.69, 9.17) is 10.2 Å². The molecule has 1 atom stereocenters. The molecule has 0 spiro atoms. The summed E-state index contributed by atoms with van der Waals surface area (Å²) >= 11 is 0. The quantitative estimate of drug-likeness (QED) is 0.798. The van der Waals surface area contributed by atoms with Crippen LogP contribution in [0.1, 0.15) is 25.8 Å².